The van der Waals surface area contributed by atoms with Crippen LogP contribution < -0.4 is 11.5 Å². The van der Waals surface area contributed by atoms with Gasteiger partial charge in [0.25, 0.3) is 0 Å². The third-order valence-corrected chi connectivity index (χ3v) is 3.14. The molecule has 128 valence electrons. The predicted molar refractivity (Wildman–Crippen MR) is 101 cm³/mol. The first-order chi connectivity index (χ1) is 12.1. The molecule has 0 saturated heterocycles. The van der Waals surface area contributed by atoms with Crippen LogP contribution in [0, 0.1) is 0 Å². The van der Waals surface area contributed by atoms with Crippen molar-refractivity contribution in [3.63, 3.8) is 0 Å². The Kier molecular flexibility index (Phi) is 7.13. The maximum atomic E-state index is 5.46. The highest BCUT2D eigenvalue weighted by Gasteiger charge is 1.95. The van der Waals surface area contributed by atoms with Gasteiger partial charge in [0.1, 0.15) is 11.6 Å². The number of halogens is 1. The van der Waals surface area contributed by atoms with Gasteiger partial charge in [-0.05, 0) is 46.3 Å². The number of nitrogens with one attached hydrogen (secondary N) is 1. The fraction of sp³-hybridized carbons (Fsp3) is 0. The van der Waals surface area contributed by atoms with Gasteiger partial charge in [0, 0.05) is 35.3 Å². The number of H-pyrrole nitrogens is 1. The Morgan fingerprint density at radius 3 is 2.04 bits per heavy atom. The van der Waals surface area contributed by atoms with Crippen molar-refractivity contribution in [3.8, 4) is 5.69 Å². The second kappa shape index (κ2) is 9.83. The van der Waals surface area contributed by atoms with E-state index in [1.165, 1.54) is 0 Å². The summed E-state index contributed by atoms with van der Waals surface area (Å²) in [5.74, 6) is 1.12. The molecule has 5 N–H and O–H groups in total. The van der Waals surface area contributed by atoms with Crippen molar-refractivity contribution in [1.29, 1.82) is 0 Å². The lowest BCUT2D eigenvalue weighted by Crippen LogP contribution is -1.96. The Morgan fingerprint density at radius 1 is 0.920 bits per heavy atom. The van der Waals surface area contributed by atoms with Gasteiger partial charge in [0.15, 0.2) is 0 Å². The molecule has 0 radical (unpaired) electrons. The van der Waals surface area contributed by atoms with Crippen LogP contribution in [0.1, 0.15) is 0 Å². The van der Waals surface area contributed by atoms with Crippen molar-refractivity contribution in [2.24, 2.45) is 0 Å². The summed E-state index contributed by atoms with van der Waals surface area (Å²) in [6, 6.07) is 11.0. The summed E-state index contributed by atoms with van der Waals surface area (Å²) in [5, 5.41) is 10.1. The predicted octanol–water partition coefficient (Wildman–Crippen LogP) is 2.69. The number of hydrogen-bond donors (Lipinski definition) is 3. The molecular weight excluding hydrogens is 384 g/mol. The highest BCUT2D eigenvalue weighted by atomic mass is 79.9. The van der Waals surface area contributed by atoms with Gasteiger partial charge in [-0.25, -0.2) is 4.68 Å². The van der Waals surface area contributed by atoms with Crippen LogP contribution in [0.2, 0.25) is 0 Å². The maximum absolute atomic E-state index is 5.46. The molecule has 4 aromatic heterocycles. The first-order valence-electron chi connectivity index (χ1n) is 7.17. The van der Waals surface area contributed by atoms with Crippen molar-refractivity contribution >= 4 is 27.6 Å². The van der Waals surface area contributed by atoms with Crippen LogP contribution in [-0.4, -0.2) is 29.9 Å². The maximum Gasteiger partial charge on any atom is 0.145 e. The molecule has 4 aromatic rings. The molecule has 9 heteroatoms. The molecule has 0 saturated carbocycles. The largest absolute Gasteiger partial charge is 0.384 e. The number of aromatic amines is 1. The highest BCUT2D eigenvalue weighted by Crippen LogP contribution is 2.05. The normalized spacial score (nSPS) is 9.32. The molecule has 0 spiro atoms. The van der Waals surface area contributed by atoms with Gasteiger partial charge < -0.3 is 11.5 Å². The number of nitrogens with zero attached hydrogens (tertiary/aromatic N) is 5. The topological polar surface area (TPSA) is 124 Å². The third-order valence-electron chi connectivity index (χ3n) is 2.67. The summed E-state index contributed by atoms with van der Waals surface area (Å²) < 4.78 is 2.71. The molecule has 4 heterocycles. The van der Waals surface area contributed by atoms with Gasteiger partial charge in [-0.1, -0.05) is 0 Å². The number of anilines is 2. The van der Waals surface area contributed by atoms with Crippen LogP contribution in [0.4, 0.5) is 11.6 Å². The van der Waals surface area contributed by atoms with Crippen LogP contribution in [0.3, 0.4) is 0 Å². The average molecular weight is 401 g/mol. The highest BCUT2D eigenvalue weighted by molar-refractivity contribution is 9.10. The fourth-order valence-electron chi connectivity index (χ4n) is 1.58. The molecule has 0 amide bonds. The lowest BCUT2D eigenvalue weighted by atomic mass is 10.4. The summed E-state index contributed by atoms with van der Waals surface area (Å²) in [6.07, 6.45) is 10.3. The Balaban J connectivity index is 0.000000148. The quantitative estimate of drug-likeness (QED) is 0.451. The standard InChI is InChI=1S/C8H8N4.C5H4BrN.C3H5N3/c9-8-3-5-12(11-8)7-2-1-4-10-6-7;6-5-2-1-3-7-4-5;4-3-1-2-5-6-3/h1-6H,(H2,9,11);1-4H;1-2H,(H3,4,5,6). The number of aromatic nitrogens is 6. The van der Waals surface area contributed by atoms with Crippen LogP contribution >= 0.6 is 15.9 Å². The molecule has 4 rings (SSSR count). The Bertz CT molecular complexity index is 831. The molecule has 0 aliphatic rings. The van der Waals surface area contributed by atoms with E-state index in [1.807, 2.05) is 24.3 Å². The van der Waals surface area contributed by atoms with Crippen LogP contribution in [0.15, 0.2) is 78.1 Å². The van der Waals surface area contributed by atoms with E-state index in [2.05, 4.69) is 41.2 Å². The minimum absolute atomic E-state index is 0.513. The Hall–Kier alpha value is -3.20. The number of nitrogen functional groups attached to an aromatic ring is 2. The lowest BCUT2D eigenvalue weighted by molar-refractivity contribution is 0.879. The molecule has 8 nitrogen and oxygen atoms in total. The van der Waals surface area contributed by atoms with E-state index in [0.29, 0.717) is 11.6 Å². The van der Waals surface area contributed by atoms with Crippen molar-refractivity contribution in [2.45, 2.75) is 0 Å². The van der Waals surface area contributed by atoms with E-state index < -0.39 is 0 Å². The minimum atomic E-state index is 0.513. The molecule has 25 heavy (non-hydrogen) atoms. The number of nitrogens with two attached hydrogens (primary N) is 2. The van der Waals surface area contributed by atoms with Crippen molar-refractivity contribution in [2.75, 3.05) is 11.5 Å². The summed E-state index contributed by atoms with van der Waals surface area (Å²) in [7, 11) is 0. The molecule has 0 bridgehead atoms. The summed E-state index contributed by atoms with van der Waals surface area (Å²) in [5.41, 5.74) is 11.5. The third kappa shape index (κ3) is 6.83. The smallest absolute Gasteiger partial charge is 0.145 e. The molecule has 0 aliphatic heterocycles. The van der Waals surface area contributed by atoms with E-state index in [4.69, 9.17) is 11.5 Å². The molecule has 0 aliphatic carbocycles. The summed E-state index contributed by atoms with van der Waals surface area (Å²) >= 11 is 3.25. The van der Waals surface area contributed by atoms with Crippen molar-refractivity contribution in [3.05, 3.63) is 78.1 Å². The summed E-state index contributed by atoms with van der Waals surface area (Å²) in [4.78, 5) is 7.81. The molecule has 0 fully saturated rings. The minimum Gasteiger partial charge on any atom is -0.384 e. The number of hydrogen-bond acceptors (Lipinski definition) is 6. The van der Waals surface area contributed by atoms with Gasteiger partial charge in [-0.3, -0.25) is 15.1 Å². The first-order valence-corrected chi connectivity index (χ1v) is 7.96. The Labute approximate surface area is 153 Å². The van der Waals surface area contributed by atoms with E-state index >= 15 is 0 Å². The molecular formula is C16H17BrN8. The monoisotopic (exact) mass is 400 g/mol. The molecule has 0 unspecified atom stereocenters. The summed E-state index contributed by atoms with van der Waals surface area (Å²) in [6.45, 7) is 0. The van der Waals surface area contributed by atoms with Gasteiger partial charge >= 0.3 is 0 Å². The molecule has 0 aromatic carbocycles. The fourth-order valence-corrected chi connectivity index (χ4v) is 1.85. The first kappa shape index (κ1) is 18.1. The Morgan fingerprint density at radius 2 is 1.68 bits per heavy atom. The van der Waals surface area contributed by atoms with Gasteiger partial charge in [-0.15, -0.1) is 0 Å². The lowest BCUT2D eigenvalue weighted by Gasteiger charge is -1.97. The molecule has 0 atom stereocenters. The van der Waals surface area contributed by atoms with Crippen molar-refractivity contribution < 1.29 is 0 Å². The van der Waals surface area contributed by atoms with E-state index in [1.54, 1.807) is 54.0 Å². The second-order valence-electron chi connectivity index (χ2n) is 4.58. The SMILES string of the molecule is Brc1cccnc1.Nc1ccn(-c2cccnc2)n1.Nc1ccn[nH]1. The number of pyridine rings is 2. The van der Waals surface area contributed by atoms with Gasteiger partial charge in [-0.2, -0.15) is 10.2 Å². The van der Waals surface area contributed by atoms with Gasteiger partial charge in [0.05, 0.1) is 18.1 Å². The van der Waals surface area contributed by atoms with Crippen LogP contribution in [-0.2, 0) is 0 Å². The van der Waals surface area contributed by atoms with Gasteiger partial charge in [0.2, 0.25) is 0 Å². The zero-order valence-electron chi connectivity index (χ0n) is 13.2. The van der Waals surface area contributed by atoms with E-state index in [9.17, 15) is 0 Å². The van der Waals surface area contributed by atoms with E-state index in [0.717, 1.165) is 10.2 Å². The zero-order valence-corrected chi connectivity index (χ0v) is 14.8. The number of rotatable bonds is 1. The average Bonchev–Trinajstić information content (AvgIpc) is 3.29. The van der Waals surface area contributed by atoms with E-state index in [-0.39, 0.29) is 0 Å². The zero-order chi connectivity index (χ0) is 17.9. The van der Waals surface area contributed by atoms with Crippen LogP contribution in [0.5, 0.6) is 0 Å². The van der Waals surface area contributed by atoms with Crippen LogP contribution in [0.25, 0.3) is 5.69 Å². The van der Waals surface area contributed by atoms with Crippen molar-refractivity contribution in [1.82, 2.24) is 29.9 Å². The second-order valence-corrected chi connectivity index (χ2v) is 5.50.